The van der Waals surface area contributed by atoms with Crippen LogP contribution in [0.15, 0.2) is 12.1 Å². The SMILES string of the molecule is CCCCCC(=O)c1ccc(O)c(C)c1O. The summed E-state index contributed by atoms with van der Waals surface area (Å²) in [6.07, 6.45) is 3.37. The third kappa shape index (κ3) is 2.75. The van der Waals surface area contributed by atoms with Crippen molar-refractivity contribution in [1.82, 2.24) is 0 Å². The van der Waals surface area contributed by atoms with Crippen molar-refractivity contribution in [2.75, 3.05) is 0 Å². The van der Waals surface area contributed by atoms with Gasteiger partial charge in [-0.05, 0) is 25.5 Å². The third-order valence-electron chi connectivity index (χ3n) is 2.71. The lowest BCUT2D eigenvalue weighted by molar-refractivity contribution is 0.0976. The van der Waals surface area contributed by atoms with Crippen LogP contribution < -0.4 is 0 Å². The Kier molecular flexibility index (Phi) is 4.35. The molecule has 1 aromatic rings. The lowest BCUT2D eigenvalue weighted by atomic mass is 10.0. The molecular formula is C13H18O3. The molecule has 0 aliphatic rings. The molecule has 3 heteroatoms. The molecule has 0 aliphatic carbocycles. The predicted molar refractivity (Wildman–Crippen MR) is 63.0 cm³/mol. The van der Waals surface area contributed by atoms with Crippen molar-refractivity contribution < 1.29 is 15.0 Å². The van der Waals surface area contributed by atoms with Crippen LogP contribution in [0.4, 0.5) is 0 Å². The Morgan fingerprint density at radius 1 is 1.25 bits per heavy atom. The zero-order valence-corrected chi connectivity index (χ0v) is 9.79. The number of phenols is 2. The van der Waals surface area contributed by atoms with E-state index in [1.807, 2.05) is 0 Å². The van der Waals surface area contributed by atoms with Crippen molar-refractivity contribution in [1.29, 1.82) is 0 Å². The average molecular weight is 222 g/mol. The van der Waals surface area contributed by atoms with Gasteiger partial charge in [-0.3, -0.25) is 4.79 Å². The van der Waals surface area contributed by atoms with Gasteiger partial charge in [0.15, 0.2) is 5.78 Å². The molecule has 1 aromatic carbocycles. The summed E-state index contributed by atoms with van der Waals surface area (Å²) >= 11 is 0. The van der Waals surface area contributed by atoms with Gasteiger partial charge < -0.3 is 10.2 Å². The van der Waals surface area contributed by atoms with E-state index in [0.29, 0.717) is 17.5 Å². The highest BCUT2D eigenvalue weighted by atomic mass is 16.3. The number of hydrogen-bond donors (Lipinski definition) is 2. The number of aromatic hydroxyl groups is 2. The first-order chi connectivity index (χ1) is 7.57. The average Bonchev–Trinajstić information content (AvgIpc) is 2.26. The summed E-state index contributed by atoms with van der Waals surface area (Å²) in [6.45, 7) is 3.67. The van der Waals surface area contributed by atoms with E-state index in [9.17, 15) is 15.0 Å². The predicted octanol–water partition coefficient (Wildman–Crippen LogP) is 3.17. The van der Waals surface area contributed by atoms with Crippen molar-refractivity contribution in [2.24, 2.45) is 0 Å². The van der Waals surface area contributed by atoms with Crippen LogP contribution >= 0.6 is 0 Å². The highest BCUT2D eigenvalue weighted by Crippen LogP contribution is 2.30. The molecule has 16 heavy (non-hydrogen) atoms. The maximum atomic E-state index is 11.8. The van der Waals surface area contributed by atoms with Crippen molar-refractivity contribution >= 4 is 5.78 Å². The van der Waals surface area contributed by atoms with E-state index >= 15 is 0 Å². The molecule has 0 radical (unpaired) electrons. The molecule has 2 N–H and O–H groups in total. The summed E-state index contributed by atoms with van der Waals surface area (Å²) < 4.78 is 0. The van der Waals surface area contributed by atoms with Crippen molar-refractivity contribution in [3.63, 3.8) is 0 Å². The minimum atomic E-state index is -0.0958. The van der Waals surface area contributed by atoms with Crippen LogP contribution in [0, 0.1) is 6.92 Å². The Morgan fingerprint density at radius 2 is 1.94 bits per heavy atom. The van der Waals surface area contributed by atoms with Crippen LogP contribution in [0.2, 0.25) is 0 Å². The zero-order chi connectivity index (χ0) is 12.1. The van der Waals surface area contributed by atoms with Crippen molar-refractivity contribution in [3.05, 3.63) is 23.3 Å². The first-order valence-electron chi connectivity index (χ1n) is 5.62. The fraction of sp³-hybridized carbons (Fsp3) is 0.462. The largest absolute Gasteiger partial charge is 0.508 e. The van der Waals surface area contributed by atoms with Crippen LogP contribution in [0.25, 0.3) is 0 Å². The second-order valence-electron chi connectivity index (χ2n) is 3.99. The van der Waals surface area contributed by atoms with Gasteiger partial charge in [0.25, 0.3) is 0 Å². The minimum absolute atomic E-state index is 0.0163. The number of benzene rings is 1. The molecule has 0 aliphatic heterocycles. The van der Waals surface area contributed by atoms with Gasteiger partial charge in [0, 0.05) is 12.0 Å². The highest BCUT2D eigenvalue weighted by molar-refractivity contribution is 5.99. The number of unbranched alkanes of at least 4 members (excludes halogenated alkanes) is 2. The quantitative estimate of drug-likeness (QED) is 0.594. The number of Topliss-reactive ketones (excluding diaryl/α,β-unsaturated/α-hetero) is 1. The summed E-state index contributed by atoms with van der Waals surface area (Å²) in [5, 5.41) is 19.1. The number of carbonyl (C=O) groups excluding carboxylic acids is 1. The van der Waals surface area contributed by atoms with E-state index in [-0.39, 0.29) is 17.3 Å². The molecule has 88 valence electrons. The smallest absolute Gasteiger partial charge is 0.166 e. The number of carbonyl (C=O) groups is 1. The topological polar surface area (TPSA) is 57.5 Å². The fourth-order valence-electron chi connectivity index (χ4n) is 1.58. The van der Waals surface area contributed by atoms with Gasteiger partial charge in [0.1, 0.15) is 11.5 Å². The molecule has 0 amide bonds. The zero-order valence-electron chi connectivity index (χ0n) is 9.79. The van der Waals surface area contributed by atoms with Gasteiger partial charge >= 0.3 is 0 Å². The first-order valence-corrected chi connectivity index (χ1v) is 5.62. The Balaban J connectivity index is 2.80. The van der Waals surface area contributed by atoms with Crippen LogP contribution in [0.5, 0.6) is 11.5 Å². The monoisotopic (exact) mass is 222 g/mol. The molecule has 0 aromatic heterocycles. The number of phenolic OH excluding ortho intramolecular Hbond substituents is 2. The molecule has 1 rings (SSSR count). The minimum Gasteiger partial charge on any atom is -0.508 e. The molecule has 0 spiro atoms. The van der Waals surface area contributed by atoms with E-state index in [1.54, 1.807) is 6.92 Å². The normalized spacial score (nSPS) is 10.4. The third-order valence-corrected chi connectivity index (χ3v) is 2.71. The van der Waals surface area contributed by atoms with E-state index in [0.717, 1.165) is 19.3 Å². The van der Waals surface area contributed by atoms with Crippen molar-refractivity contribution in [3.8, 4) is 11.5 Å². The lowest BCUT2D eigenvalue weighted by Crippen LogP contribution is -2.00. The van der Waals surface area contributed by atoms with E-state index in [1.165, 1.54) is 12.1 Å². The molecular weight excluding hydrogens is 204 g/mol. The molecule has 0 unspecified atom stereocenters. The van der Waals surface area contributed by atoms with E-state index < -0.39 is 0 Å². The van der Waals surface area contributed by atoms with Gasteiger partial charge in [-0.2, -0.15) is 0 Å². The summed E-state index contributed by atoms with van der Waals surface area (Å²) in [5.41, 5.74) is 0.674. The summed E-state index contributed by atoms with van der Waals surface area (Å²) in [6, 6.07) is 2.92. The Hall–Kier alpha value is -1.51. The van der Waals surface area contributed by atoms with E-state index in [4.69, 9.17) is 0 Å². The number of hydrogen-bond acceptors (Lipinski definition) is 3. The summed E-state index contributed by atoms with van der Waals surface area (Å²) in [4.78, 5) is 11.8. The number of ketones is 1. The van der Waals surface area contributed by atoms with Crippen LogP contribution in [-0.4, -0.2) is 16.0 Å². The van der Waals surface area contributed by atoms with Gasteiger partial charge in [-0.25, -0.2) is 0 Å². The molecule has 0 saturated heterocycles. The second-order valence-corrected chi connectivity index (χ2v) is 3.99. The maximum Gasteiger partial charge on any atom is 0.166 e. The van der Waals surface area contributed by atoms with Crippen LogP contribution in [-0.2, 0) is 0 Å². The summed E-state index contributed by atoms with van der Waals surface area (Å²) in [5.74, 6) is -0.141. The Morgan fingerprint density at radius 3 is 2.56 bits per heavy atom. The molecule has 0 saturated carbocycles. The standard InChI is InChI=1S/C13H18O3/c1-3-4-5-6-12(15)10-7-8-11(14)9(2)13(10)16/h7-8,14,16H,3-6H2,1-2H3. The van der Waals surface area contributed by atoms with E-state index in [2.05, 4.69) is 6.92 Å². The van der Waals surface area contributed by atoms with Crippen LogP contribution in [0.1, 0.15) is 48.5 Å². The molecule has 0 fully saturated rings. The van der Waals surface area contributed by atoms with Gasteiger partial charge in [-0.1, -0.05) is 19.8 Å². The molecule has 3 nitrogen and oxygen atoms in total. The second kappa shape index (κ2) is 5.54. The maximum absolute atomic E-state index is 11.8. The fourth-order valence-corrected chi connectivity index (χ4v) is 1.58. The summed E-state index contributed by atoms with van der Waals surface area (Å²) in [7, 11) is 0. The van der Waals surface area contributed by atoms with Crippen molar-refractivity contribution in [2.45, 2.75) is 39.5 Å². The number of rotatable bonds is 5. The molecule has 0 heterocycles. The van der Waals surface area contributed by atoms with Gasteiger partial charge in [0.05, 0.1) is 5.56 Å². The Labute approximate surface area is 95.7 Å². The van der Waals surface area contributed by atoms with Gasteiger partial charge in [0.2, 0.25) is 0 Å². The van der Waals surface area contributed by atoms with Crippen LogP contribution in [0.3, 0.4) is 0 Å². The van der Waals surface area contributed by atoms with Gasteiger partial charge in [-0.15, -0.1) is 0 Å². The highest BCUT2D eigenvalue weighted by Gasteiger charge is 2.14. The first kappa shape index (κ1) is 12.6. The lowest BCUT2D eigenvalue weighted by Gasteiger charge is -2.07. The molecule has 0 atom stereocenters. The Bertz CT molecular complexity index is 383. The molecule has 0 bridgehead atoms.